The van der Waals surface area contributed by atoms with Crippen molar-refractivity contribution in [3.05, 3.63) is 28.2 Å². The van der Waals surface area contributed by atoms with Crippen molar-refractivity contribution in [1.29, 1.82) is 0 Å². The Kier molecular flexibility index (Phi) is 6.10. The van der Waals surface area contributed by atoms with Crippen LogP contribution in [0.15, 0.2) is 22.7 Å². The highest BCUT2D eigenvalue weighted by atomic mass is 79.9. The van der Waals surface area contributed by atoms with Crippen molar-refractivity contribution in [1.82, 2.24) is 5.32 Å². The molecule has 1 rings (SSSR count). The lowest BCUT2D eigenvalue weighted by Crippen LogP contribution is -2.22. The van der Waals surface area contributed by atoms with E-state index in [2.05, 4.69) is 47.1 Å². The van der Waals surface area contributed by atoms with Gasteiger partial charge in [0.15, 0.2) is 0 Å². The first kappa shape index (κ1) is 14.1. The smallest absolute Gasteiger partial charge is 0.123 e. The van der Waals surface area contributed by atoms with Crippen LogP contribution in [0.3, 0.4) is 0 Å². The summed E-state index contributed by atoms with van der Waals surface area (Å²) in [6.45, 7) is 5.60. The summed E-state index contributed by atoms with van der Waals surface area (Å²) in [6.07, 6.45) is 5.84. The van der Waals surface area contributed by atoms with Gasteiger partial charge in [-0.05, 0) is 18.2 Å². The van der Waals surface area contributed by atoms with Crippen LogP contribution in [0.1, 0.15) is 25.8 Å². The first-order valence-electron chi connectivity index (χ1n) is 5.71. The van der Waals surface area contributed by atoms with Crippen LogP contribution >= 0.6 is 15.9 Å². The molecule has 3 heteroatoms. The maximum Gasteiger partial charge on any atom is 0.123 e. The van der Waals surface area contributed by atoms with Crippen LogP contribution in [0.5, 0.6) is 5.75 Å². The van der Waals surface area contributed by atoms with E-state index in [-0.39, 0.29) is 0 Å². The number of halogens is 1. The first-order valence-corrected chi connectivity index (χ1v) is 6.51. The fourth-order valence-corrected chi connectivity index (χ4v) is 1.77. The number of hydrogen-bond acceptors (Lipinski definition) is 2. The molecule has 0 unspecified atom stereocenters. The molecule has 92 valence electrons. The summed E-state index contributed by atoms with van der Waals surface area (Å²) in [4.78, 5) is 0. The second-order valence-electron chi connectivity index (χ2n) is 4.09. The van der Waals surface area contributed by atoms with E-state index in [0.29, 0.717) is 19.1 Å². The van der Waals surface area contributed by atoms with Crippen LogP contribution in [-0.4, -0.2) is 12.6 Å². The molecule has 0 aliphatic heterocycles. The second-order valence-corrected chi connectivity index (χ2v) is 5.01. The molecule has 0 spiro atoms. The maximum absolute atomic E-state index is 5.66. The molecule has 1 aromatic rings. The number of terminal acetylenes is 1. The van der Waals surface area contributed by atoms with Crippen molar-refractivity contribution in [2.75, 3.05) is 6.61 Å². The Bertz CT molecular complexity index is 396. The van der Waals surface area contributed by atoms with Crippen molar-refractivity contribution < 1.29 is 4.74 Å². The van der Waals surface area contributed by atoms with Gasteiger partial charge in [-0.2, -0.15) is 0 Å². The van der Waals surface area contributed by atoms with Gasteiger partial charge in [0, 0.05) is 29.0 Å². The first-order chi connectivity index (χ1) is 8.13. The van der Waals surface area contributed by atoms with Gasteiger partial charge >= 0.3 is 0 Å². The largest absolute Gasteiger partial charge is 0.492 e. The lowest BCUT2D eigenvalue weighted by Gasteiger charge is -2.13. The quantitative estimate of drug-likeness (QED) is 0.642. The number of nitrogens with one attached hydrogen (secondary N) is 1. The third-order valence-electron chi connectivity index (χ3n) is 2.23. The molecule has 1 aromatic carbocycles. The average Bonchev–Trinajstić information content (AvgIpc) is 2.29. The molecule has 17 heavy (non-hydrogen) atoms. The van der Waals surface area contributed by atoms with Gasteiger partial charge in [0.1, 0.15) is 5.75 Å². The number of rotatable bonds is 6. The molecule has 0 radical (unpaired) electrons. The van der Waals surface area contributed by atoms with E-state index in [1.165, 1.54) is 0 Å². The van der Waals surface area contributed by atoms with Crippen molar-refractivity contribution in [3.8, 4) is 18.1 Å². The minimum atomic E-state index is 0.451. The lowest BCUT2D eigenvalue weighted by molar-refractivity contribution is 0.322. The lowest BCUT2D eigenvalue weighted by atomic mass is 10.2. The highest BCUT2D eigenvalue weighted by Gasteiger charge is 2.05. The molecule has 0 aliphatic carbocycles. The fourth-order valence-electron chi connectivity index (χ4n) is 1.36. The predicted molar refractivity (Wildman–Crippen MR) is 75.1 cm³/mol. The van der Waals surface area contributed by atoms with Crippen LogP contribution in [0, 0.1) is 12.3 Å². The average molecular weight is 296 g/mol. The Morgan fingerprint density at radius 3 is 2.88 bits per heavy atom. The Morgan fingerprint density at radius 1 is 1.47 bits per heavy atom. The van der Waals surface area contributed by atoms with Crippen LogP contribution in [-0.2, 0) is 6.54 Å². The fraction of sp³-hybridized carbons (Fsp3) is 0.429. The number of hydrogen-bond donors (Lipinski definition) is 1. The predicted octanol–water partition coefficient (Wildman–Crippen LogP) is 3.35. The van der Waals surface area contributed by atoms with Gasteiger partial charge in [-0.15, -0.1) is 12.3 Å². The standard InChI is InChI=1S/C14H18BrNO/c1-4-5-8-17-14-7-6-13(15)9-12(14)10-16-11(2)3/h1,6-7,9,11,16H,5,8,10H2,2-3H3. The van der Waals surface area contributed by atoms with Gasteiger partial charge in [0.2, 0.25) is 0 Å². The van der Waals surface area contributed by atoms with Gasteiger partial charge in [0.05, 0.1) is 6.61 Å². The van der Waals surface area contributed by atoms with E-state index in [1.54, 1.807) is 0 Å². The monoisotopic (exact) mass is 295 g/mol. The Balaban J connectivity index is 2.70. The minimum Gasteiger partial charge on any atom is -0.492 e. The van der Waals surface area contributed by atoms with E-state index in [9.17, 15) is 0 Å². The summed E-state index contributed by atoms with van der Waals surface area (Å²) in [5.41, 5.74) is 1.14. The molecule has 1 N–H and O–H groups in total. The summed E-state index contributed by atoms with van der Waals surface area (Å²) in [6, 6.07) is 6.47. The number of benzene rings is 1. The van der Waals surface area contributed by atoms with E-state index >= 15 is 0 Å². The SMILES string of the molecule is C#CCCOc1ccc(Br)cc1CNC(C)C. The molecule has 0 aliphatic rings. The molecule has 0 aromatic heterocycles. The van der Waals surface area contributed by atoms with Gasteiger partial charge in [-0.1, -0.05) is 29.8 Å². The van der Waals surface area contributed by atoms with Gasteiger partial charge in [-0.25, -0.2) is 0 Å². The van der Waals surface area contributed by atoms with Crippen molar-refractivity contribution in [2.24, 2.45) is 0 Å². The summed E-state index contributed by atoms with van der Waals surface area (Å²) in [5, 5.41) is 3.38. The molecule has 0 amide bonds. The molecule has 0 saturated carbocycles. The Morgan fingerprint density at radius 2 is 2.24 bits per heavy atom. The van der Waals surface area contributed by atoms with Crippen LogP contribution in [0.25, 0.3) is 0 Å². The molecule has 0 bridgehead atoms. The highest BCUT2D eigenvalue weighted by Crippen LogP contribution is 2.23. The van der Waals surface area contributed by atoms with Gasteiger partial charge < -0.3 is 10.1 Å². The molecular weight excluding hydrogens is 278 g/mol. The van der Waals surface area contributed by atoms with Crippen molar-refractivity contribution in [2.45, 2.75) is 32.9 Å². The highest BCUT2D eigenvalue weighted by molar-refractivity contribution is 9.10. The zero-order valence-electron chi connectivity index (χ0n) is 10.3. The van der Waals surface area contributed by atoms with Gasteiger partial charge in [0.25, 0.3) is 0 Å². The van der Waals surface area contributed by atoms with Crippen LogP contribution < -0.4 is 10.1 Å². The third kappa shape index (κ3) is 5.25. The van der Waals surface area contributed by atoms with Crippen molar-refractivity contribution in [3.63, 3.8) is 0 Å². The van der Waals surface area contributed by atoms with Crippen LogP contribution in [0.4, 0.5) is 0 Å². The molecule has 0 heterocycles. The van der Waals surface area contributed by atoms with Crippen LogP contribution in [0.2, 0.25) is 0 Å². The van der Waals surface area contributed by atoms with E-state index in [4.69, 9.17) is 11.2 Å². The summed E-state index contributed by atoms with van der Waals surface area (Å²) < 4.78 is 6.72. The third-order valence-corrected chi connectivity index (χ3v) is 2.72. The van der Waals surface area contributed by atoms with Gasteiger partial charge in [-0.3, -0.25) is 0 Å². The molecule has 0 fully saturated rings. The number of ether oxygens (including phenoxy) is 1. The van der Waals surface area contributed by atoms with E-state index in [0.717, 1.165) is 22.3 Å². The molecule has 0 atom stereocenters. The van der Waals surface area contributed by atoms with E-state index < -0.39 is 0 Å². The normalized spacial score (nSPS) is 10.3. The topological polar surface area (TPSA) is 21.3 Å². The molecular formula is C14H18BrNO. The van der Waals surface area contributed by atoms with E-state index in [1.807, 2.05) is 12.1 Å². The molecule has 0 saturated heterocycles. The summed E-state index contributed by atoms with van der Waals surface area (Å²) in [5.74, 6) is 3.47. The second kappa shape index (κ2) is 7.37. The molecule has 2 nitrogen and oxygen atoms in total. The summed E-state index contributed by atoms with van der Waals surface area (Å²) >= 11 is 3.47. The van der Waals surface area contributed by atoms with Crippen molar-refractivity contribution >= 4 is 15.9 Å². The Hall–Kier alpha value is -0.980. The maximum atomic E-state index is 5.66. The zero-order chi connectivity index (χ0) is 12.7. The Labute approximate surface area is 112 Å². The minimum absolute atomic E-state index is 0.451. The summed E-state index contributed by atoms with van der Waals surface area (Å²) in [7, 11) is 0. The zero-order valence-corrected chi connectivity index (χ0v) is 11.9.